The molecule has 1 N–H and O–H groups in total. The molecule has 0 radical (unpaired) electrons. The molecule has 0 aromatic rings. The largest absolute Gasteiger partial charge is 0.367 e. The van der Waals surface area contributed by atoms with Crippen LogP contribution in [-0.2, 0) is 4.79 Å². The first-order valence-corrected chi connectivity index (χ1v) is 2.58. The summed E-state index contributed by atoms with van der Waals surface area (Å²) in [4.78, 5) is 14.3. The van der Waals surface area contributed by atoms with Crippen LogP contribution < -0.4 is 5.32 Å². The lowest BCUT2D eigenvalue weighted by Crippen LogP contribution is -2.38. The van der Waals surface area contributed by atoms with E-state index < -0.39 is 0 Å². The fourth-order valence-corrected chi connectivity index (χ4v) is 0.530. The predicted molar refractivity (Wildman–Crippen MR) is 31.0 cm³/mol. The first kappa shape index (κ1) is 5.28. The minimum absolute atomic E-state index is 0.0347. The second-order valence-corrected chi connectivity index (χ2v) is 1.82. The first-order valence-electron chi connectivity index (χ1n) is 2.58. The molecule has 0 spiro atoms. The Morgan fingerprint density at radius 3 is 3.12 bits per heavy atom. The smallest absolute Gasteiger partial charge is 0.176 e. The molecule has 0 aliphatic carbocycles. The Bertz CT molecular complexity index is 130. The standard InChI is InChI=1S/C5H8N2O/c1-4-5(8)2-6-3-7-4/h3-4H,2H2,1H3,(H,6,7). The van der Waals surface area contributed by atoms with E-state index in [0.717, 1.165) is 0 Å². The molecule has 0 fully saturated rings. The van der Waals surface area contributed by atoms with E-state index in [1.54, 1.807) is 6.34 Å². The van der Waals surface area contributed by atoms with Gasteiger partial charge in [-0.15, -0.1) is 0 Å². The number of carbonyl (C=O) groups excluding carboxylic acids is 1. The van der Waals surface area contributed by atoms with E-state index >= 15 is 0 Å². The molecular formula is C5H8N2O. The monoisotopic (exact) mass is 112 g/mol. The van der Waals surface area contributed by atoms with Crippen molar-refractivity contribution >= 4 is 12.1 Å². The Labute approximate surface area is 47.8 Å². The van der Waals surface area contributed by atoms with Crippen molar-refractivity contribution in [3.05, 3.63) is 0 Å². The van der Waals surface area contributed by atoms with Crippen LogP contribution in [0.15, 0.2) is 4.99 Å². The van der Waals surface area contributed by atoms with Crippen LogP contribution in [0.1, 0.15) is 6.92 Å². The topological polar surface area (TPSA) is 41.5 Å². The summed E-state index contributed by atoms with van der Waals surface area (Å²) in [5.74, 6) is 0.160. The van der Waals surface area contributed by atoms with E-state index in [1.165, 1.54) is 0 Å². The molecule has 1 rings (SSSR count). The Hall–Kier alpha value is -0.860. The molecular weight excluding hydrogens is 104 g/mol. The second kappa shape index (κ2) is 1.94. The quantitative estimate of drug-likeness (QED) is 0.462. The summed E-state index contributed by atoms with van der Waals surface area (Å²) < 4.78 is 0. The summed E-state index contributed by atoms with van der Waals surface area (Å²) in [6.07, 6.45) is 1.58. The summed E-state index contributed by atoms with van der Waals surface area (Å²) in [7, 11) is 0. The van der Waals surface area contributed by atoms with Crippen LogP contribution in [0.5, 0.6) is 0 Å². The van der Waals surface area contributed by atoms with Gasteiger partial charge in [-0.25, -0.2) is 0 Å². The molecule has 3 heteroatoms. The maximum absolute atomic E-state index is 10.6. The van der Waals surface area contributed by atoms with Gasteiger partial charge in [0.15, 0.2) is 5.78 Å². The van der Waals surface area contributed by atoms with Crippen molar-refractivity contribution in [3.63, 3.8) is 0 Å². The lowest BCUT2D eigenvalue weighted by molar-refractivity contribution is -0.119. The van der Waals surface area contributed by atoms with Crippen molar-refractivity contribution < 1.29 is 4.79 Å². The molecule has 44 valence electrons. The highest BCUT2D eigenvalue weighted by Gasteiger charge is 2.12. The van der Waals surface area contributed by atoms with E-state index in [4.69, 9.17) is 0 Å². The second-order valence-electron chi connectivity index (χ2n) is 1.82. The van der Waals surface area contributed by atoms with Crippen LogP contribution in [0, 0.1) is 0 Å². The Kier molecular flexibility index (Phi) is 1.28. The van der Waals surface area contributed by atoms with Gasteiger partial charge >= 0.3 is 0 Å². The average Bonchev–Trinajstić information content (AvgIpc) is 1.77. The zero-order valence-electron chi connectivity index (χ0n) is 4.72. The number of rotatable bonds is 0. The minimum Gasteiger partial charge on any atom is -0.367 e. The molecule has 0 bridgehead atoms. The van der Waals surface area contributed by atoms with Crippen molar-refractivity contribution in [1.29, 1.82) is 0 Å². The van der Waals surface area contributed by atoms with Gasteiger partial charge in [0, 0.05) is 0 Å². The van der Waals surface area contributed by atoms with Gasteiger partial charge in [-0.2, -0.15) is 0 Å². The van der Waals surface area contributed by atoms with Gasteiger partial charge in [0.1, 0.15) is 6.54 Å². The van der Waals surface area contributed by atoms with Gasteiger partial charge in [-0.05, 0) is 6.92 Å². The van der Waals surface area contributed by atoms with E-state index in [9.17, 15) is 4.79 Å². The minimum atomic E-state index is -0.0347. The van der Waals surface area contributed by atoms with Crippen molar-refractivity contribution in [1.82, 2.24) is 5.32 Å². The van der Waals surface area contributed by atoms with Crippen LogP contribution in [0.25, 0.3) is 0 Å². The zero-order valence-corrected chi connectivity index (χ0v) is 4.72. The number of carbonyl (C=O) groups is 1. The van der Waals surface area contributed by atoms with Crippen LogP contribution in [-0.4, -0.2) is 24.7 Å². The lowest BCUT2D eigenvalue weighted by Gasteiger charge is -2.11. The fraction of sp³-hybridized carbons (Fsp3) is 0.600. The predicted octanol–water partition coefficient (Wildman–Crippen LogP) is -0.425. The summed E-state index contributed by atoms with van der Waals surface area (Å²) >= 11 is 0. The van der Waals surface area contributed by atoms with Crippen molar-refractivity contribution in [3.8, 4) is 0 Å². The zero-order chi connectivity index (χ0) is 5.98. The number of Topliss-reactive ketones (excluding diaryl/α,β-unsaturated/α-hetero) is 1. The molecule has 0 saturated heterocycles. The first-order chi connectivity index (χ1) is 3.80. The molecule has 8 heavy (non-hydrogen) atoms. The Morgan fingerprint density at radius 1 is 2.00 bits per heavy atom. The third kappa shape index (κ3) is 0.857. The number of nitrogens with one attached hydrogen (secondary N) is 1. The maximum atomic E-state index is 10.6. The van der Waals surface area contributed by atoms with Crippen LogP contribution in [0.3, 0.4) is 0 Å². The number of ketones is 1. The van der Waals surface area contributed by atoms with Gasteiger partial charge in [-0.3, -0.25) is 9.79 Å². The molecule has 1 aliphatic heterocycles. The van der Waals surface area contributed by atoms with Crippen LogP contribution >= 0.6 is 0 Å². The normalized spacial score (nSPS) is 27.6. The van der Waals surface area contributed by atoms with Crippen LogP contribution in [0.2, 0.25) is 0 Å². The summed E-state index contributed by atoms with van der Waals surface area (Å²) in [5.41, 5.74) is 0. The molecule has 1 heterocycles. The van der Waals surface area contributed by atoms with Gasteiger partial charge in [0.2, 0.25) is 0 Å². The highest BCUT2D eigenvalue weighted by molar-refractivity contribution is 5.90. The molecule has 0 amide bonds. The van der Waals surface area contributed by atoms with Gasteiger partial charge in [0.25, 0.3) is 0 Å². The van der Waals surface area contributed by atoms with E-state index in [1.807, 2.05) is 6.92 Å². The van der Waals surface area contributed by atoms with Crippen molar-refractivity contribution in [2.45, 2.75) is 13.0 Å². The van der Waals surface area contributed by atoms with Crippen molar-refractivity contribution in [2.24, 2.45) is 4.99 Å². The molecule has 0 saturated carbocycles. The van der Waals surface area contributed by atoms with Crippen LogP contribution in [0.4, 0.5) is 0 Å². The van der Waals surface area contributed by atoms with E-state index in [2.05, 4.69) is 10.3 Å². The summed E-state index contributed by atoms with van der Waals surface area (Å²) in [6, 6.07) is -0.0347. The van der Waals surface area contributed by atoms with E-state index in [-0.39, 0.29) is 11.8 Å². The van der Waals surface area contributed by atoms with Crippen molar-refractivity contribution in [2.75, 3.05) is 6.54 Å². The molecule has 1 aliphatic rings. The third-order valence-corrected chi connectivity index (χ3v) is 1.15. The van der Waals surface area contributed by atoms with Gasteiger partial charge < -0.3 is 5.32 Å². The lowest BCUT2D eigenvalue weighted by atomic mass is 10.2. The van der Waals surface area contributed by atoms with Gasteiger partial charge in [-0.1, -0.05) is 0 Å². The number of hydrogen-bond acceptors (Lipinski definition) is 3. The van der Waals surface area contributed by atoms with E-state index in [0.29, 0.717) is 6.54 Å². The molecule has 1 atom stereocenters. The van der Waals surface area contributed by atoms with Gasteiger partial charge in [0.05, 0.1) is 12.4 Å². The molecule has 1 unspecified atom stereocenters. The molecule has 0 aromatic carbocycles. The summed E-state index contributed by atoms with van der Waals surface area (Å²) in [6.45, 7) is 2.17. The summed E-state index contributed by atoms with van der Waals surface area (Å²) in [5, 5.41) is 2.79. The Morgan fingerprint density at radius 2 is 2.75 bits per heavy atom. The SMILES string of the molecule is CC1NC=NCC1=O. The molecule has 3 nitrogen and oxygen atoms in total. The fourth-order valence-electron chi connectivity index (χ4n) is 0.530. The Balaban J connectivity index is 2.57. The average molecular weight is 112 g/mol. The number of nitrogens with zero attached hydrogens (tertiary/aromatic N) is 1. The highest BCUT2D eigenvalue weighted by Crippen LogP contribution is 1.88. The third-order valence-electron chi connectivity index (χ3n) is 1.15. The number of aliphatic imine (C=N–C) groups is 1. The maximum Gasteiger partial charge on any atom is 0.176 e. The number of hydrogen-bond donors (Lipinski definition) is 1. The molecule has 0 aromatic heterocycles. The highest BCUT2D eigenvalue weighted by atomic mass is 16.1.